The number of ether oxygens (including phenoxy) is 1. The molecule has 0 radical (unpaired) electrons. The molecule has 2 aromatic carbocycles. The summed E-state index contributed by atoms with van der Waals surface area (Å²) in [7, 11) is 0. The number of hydrogen-bond donors (Lipinski definition) is 0. The van der Waals surface area contributed by atoms with Crippen molar-refractivity contribution in [3.05, 3.63) is 58.6 Å². The zero-order chi connectivity index (χ0) is 17.1. The molecule has 1 heterocycles. The summed E-state index contributed by atoms with van der Waals surface area (Å²) in [4.78, 5) is 17.2. The van der Waals surface area contributed by atoms with Crippen molar-refractivity contribution in [2.45, 2.75) is 20.4 Å². The van der Waals surface area contributed by atoms with E-state index in [2.05, 4.69) is 4.99 Å². The number of carbonyl (C=O) groups excluding carboxylic acids is 1. The molecule has 24 heavy (non-hydrogen) atoms. The van der Waals surface area contributed by atoms with Crippen LogP contribution >= 0.6 is 11.3 Å². The van der Waals surface area contributed by atoms with Gasteiger partial charge >= 0.3 is 0 Å². The molecular weight excluding hydrogens is 327 g/mol. The highest BCUT2D eigenvalue weighted by atomic mass is 32.1. The highest BCUT2D eigenvalue weighted by molar-refractivity contribution is 7.16. The fourth-order valence-electron chi connectivity index (χ4n) is 2.49. The number of benzene rings is 2. The van der Waals surface area contributed by atoms with Gasteiger partial charge in [0.15, 0.2) is 4.80 Å². The van der Waals surface area contributed by atoms with Crippen LogP contribution in [-0.2, 0) is 6.54 Å². The van der Waals surface area contributed by atoms with Crippen molar-refractivity contribution in [3.63, 3.8) is 0 Å². The summed E-state index contributed by atoms with van der Waals surface area (Å²) in [5.41, 5.74) is 1.30. The Labute approximate surface area is 142 Å². The Bertz CT molecular complexity index is 942. The third kappa shape index (κ3) is 3.10. The van der Waals surface area contributed by atoms with Gasteiger partial charge in [0.2, 0.25) is 0 Å². The van der Waals surface area contributed by atoms with E-state index in [1.165, 1.54) is 35.6 Å². The second-order valence-corrected chi connectivity index (χ2v) is 6.10. The normalized spacial score (nSPS) is 11.9. The summed E-state index contributed by atoms with van der Waals surface area (Å²) in [5.74, 6) is 0.0175. The van der Waals surface area contributed by atoms with Gasteiger partial charge in [0.1, 0.15) is 17.1 Å². The molecule has 6 heteroatoms. The van der Waals surface area contributed by atoms with Gasteiger partial charge in [-0.2, -0.15) is 4.99 Å². The molecule has 0 atom stereocenters. The number of rotatable bonds is 4. The van der Waals surface area contributed by atoms with Gasteiger partial charge in [0, 0.05) is 12.1 Å². The lowest BCUT2D eigenvalue weighted by atomic mass is 10.2. The molecule has 0 fully saturated rings. The molecule has 3 aromatic rings. The molecule has 0 saturated heterocycles. The summed E-state index contributed by atoms with van der Waals surface area (Å²) >= 11 is 1.44. The van der Waals surface area contributed by atoms with Crippen LogP contribution < -0.4 is 9.54 Å². The number of nitrogens with zero attached hydrogens (tertiary/aromatic N) is 2. The SMILES string of the molecule is CCOc1cccc2sc(=NC(=O)c3ccc(F)cc3)n(CC)c12. The molecular formula is C18H17FN2O2S. The number of amides is 1. The molecule has 0 N–H and O–H groups in total. The van der Waals surface area contributed by atoms with E-state index in [1.807, 2.05) is 36.6 Å². The van der Waals surface area contributed by atoms with Crippen LogP contribution in [0.4, 0.5) is 4.39 Å². The molecule has 1 amide bonds. The molecule has 0 aliphatic heterocycles. The van der Waals surface area contributed by atoms with Crippen molar-refractivity contribution in [1.82, 2.24) is 4.57 Å². The summed E-state index contributed by atoms with van der Waals surface area (Å²) in [5, 5.41) is 0. The Balaban J connectivity index is 2.13. The number of carbonyl (C=O) groups is 1. The van der Waals surface area contributed by atoms with E-state index in [4.69, 9.17) is 4.74 Å². The van der Waals surface area contributed by atoms with Gasteiger partial charge in [0.05, 0.1) is 11.3 Å². The van der Waals surface area contributed by atoms with Crippen LogP contribution in [0.3, 0.4) is 0 Å². The smallest absolute Gasteiger partial charge is 0.279 e. The number of para-hydroxylation sites is 1. The Kier molecular flexibility index (Phi) is 4.76. The number of hydrogen-bond acceptors (Lipinski definition) is 3. The Morgan fingerprint density at radius 1 is 1.21 bits per heavy atom. The van der Waals surface area contributed by atoms with Crippen LogP contribution in [0.5, 0.6) is 5.75 Å². The molecule has 1 aromatic heterocycles. The Morgan fingerprint density at radius 2 is 1.96 bits per heavy atom. The fourth-order valence-corrected chi connectivity index (χ4v) is 3.60. The van der Waals surface area contributed by atoms with Gasteiger partial charge < -0.3 is 9.30 Å². The minimum absolute atomic E-state index is 0.363. The minimum atomic E-state index is -0.387. The summed E-state index contributed by atoms with van der Waals surface area (Å²) in [6.07, 6.45) is 0. The monoisotopic (exact) mass is 344 g/mol. The first-order valence-corrected chi connectivity index (χ1v) is 8.55. The molecule has 124 valence electrons. The quantitative estimate of drug-likeness (QED) is 0.718. The zero-order valence-electron chi connectivity index (χ0n) is 13.5. The molecule has 0 spiro atoms. The summed E-state index contributed by atoms with van der Waals surface area (Å²) in [6.45, 7) is 5.17. The number of aryl methyl sites for hydroxylation is 1. The van der Waals surface area contributed by atoms with Crippen LogP contribution in [-0.4, -0.2) is 17.1 Å². The van der Waals surface area contributed by atoms with Crippen molar-refractivity contribution >= 4 is 27.5 Å². The maximum absolute atomic E-state index is 13.0. The van der Waals surface area contributed by atoms with Gasteiger partial charge in [-0.25, -0.2) is 4.39 Å². The third-order valence-corrected chi connectivity index (χ3v) is 4.61. The van der Waals surface area contributed by atoms with Gasteiger partial charge in [-0.3, -0.25) is 4.79 Å². The second kappa shape index (κ2) is 6.97. The second-order valence-electron chi connectivity index (χ2n) is 5.09. The van der Waals surface area contributed by atoms with Crippen LogP contribution in [0, 0.1) is 5.82 Å². The summed E-state index contributed by atoms with van der Waals surface area (Å²) in [6, 6.07) is 11.2. The van der Waals surface area contributed by atoms with Gasteiger partial charge in [-0.05, 0) is 50.2 Å². The topological polar surface area (TPSA) is 43.6 Å². The van der Waals surface area contributed by atoms with Crippen LogP contribution in [0.15, 0.2) is 47.5 Å². The first-order chi connectivity index (χ1) is 11.6. The van der Waals surface area contributed by atoms with Crippen LogP contribution in [0.1, 0.15) is 24.2 Å². The average molecular weight is 344 g/mol. The lowest BCUT2D eigenvalue weighted by Crippen LogP contribution is -2.16. The van der Waals surface area contributed by atoms with Gasteiger partial charge in [-0.15, -0.1) is 0 Å². The van der Waals surface area contributed by atoms with Crippen molar-refractivity contribution in [2.75, 3.05) is 6.61 Å². The largest absolute Gasteiger partial charge is 0.492 e. The van der Waals surface area contributed by atoms with E-state index in [0.717, 1.165) is 16.0 Å². The van der Waals surface area contributed by atoms with Gasteiger partial charge in [0.25, 0.3) is 5.91 Å². The number of aromatic nitrogens is 1. The molecule has 0 unspecified atom stereocenters. The number of fused-ring (bicyclic) bond motifs is 1. The molecule has 3 rings (SSSR count). The first kappa shape index (κ1) is 16.4. The van der Waals surface area contributed by atoms with Crippen LogP contribution in [0.25, 0.3) is 10.2 Å². The lowest BCUT2D eigenvalue weighted by molar-refractivity contribution is 0.0998. The predicted octanol–water partition coefficient (Wildman–Crippen LogP) is 4.00. The van der Waals surface area contributed by atoms with E-state index in [0.29, 0.717) is 23.5 Å². The minimum Gasteiger partial charge on any atom is -0.492 e. The van der Waals surface area contributed by atoms with Crippen molar-refractivity contribution in [3.8, 4) is 5.75 Å². The van der Waals surface area contributed by atoms with Crippen molar-refractivity contribution in [2.24, 2.45) is 4.99 Å². The van der Waals surface area contributed by atoms with E-state index >= 15 is 0 Å². The highest BCUT2D eigenvalue weighted by Crippen LogP contribution is 2.27. The van der Waals surface area contributed by atoms with E-state index in [-0.39, 0.29) is 11.7 Å². The van der Waals surface area contributed by atoms with Gasteiger partial charge in [-0.1, -0.05) is 17.4 Å². The maximum atomic E-state index is 13.0. The standard InChI is InChI=1S/C18H17FN2O2S/c1-3-21-16-14(23-4-2)6-5-7-15(16)24-18(21)20-17(22)12-8-10-13(19)11-9-12/h5-11H,3-4H2,1-2H3. The highest BCUT2D eigenvalue weighted by Gasteiger charge is 2.12. The predicted molar refractivity (Wildman–Crippen MR) is 93.0 cm³/mol. The molecule has 0 aliphatic carbocycles. The number of halogens is 1. The molecule has 0 bridgehead atoms. The summed E-state index contributed by atoms with van der Waals surface area (Å²) < 4.78 is 21.7. The van der Waals surface area contributed by atoms with Crippen molar-refractivity contribution in [1.29, 1.82) is 0 Å². The first-order valence-electron chi connectivity index (χ1n) is 7.73. The third-order valence-electron chi connectivity index (χ3n) is 3.57. The van der Waals surface area contributed by atoms with E-state index in [9.17, 15) is 9.18 Å². The molecule has 0 aliphatic rings. The fraction of sp³-hybridized carbons (Fsp3) is 0.222. The van der Waals surface area contributed by atoms with E-state index in [1.54, 1.807) is 0 Å². The van der Waals surface area contributed by atoms with E-state index < -0.39 is 0 Å². The Hall–Kier alpha value is -2.47. The Morgan fingerprint density at radius 3 is 2.62 bits per heavy atom. The lowest BCUT2D eigenvalue weighted by Gasteiger charge is -2.07. The maximum Gasteiger partial charge on any atom is 0.279 e. The average Bonchev–Trinajstić information content (AvgIpc) is 2.93. The molecule has 0 saturated carbocycles. The zero-order valence-corrected chi connectivity index (χ0v) is 14.3. The molecule has 4 nitrogen and oxygen atoms in total. The van der Waals surface area contributed by atoms with Crippen molar-refractivity contribution < 1.29 is 13.9 Å². The number of thiazole rings is 1. The van der Waals surface area contributed by atoms with Crippen LogP contribution in [0.2, 0.25) is 0 Å².